The molecule has 2 aliphatic heterocycles. The van der Waals surface area contributed by atoms with Gasteiger partial charge in [-0.25, -0.2) is 8.42 Å². The van der Waals surface area contributed by atoms with Crippen LogP contribution in [0.1, 0.15) is 28.8 Å². The van der Waals surface area contributed by atoms with Gasteiger partial charge in [0.15, 0.2) is 0 Å². The van der Waals surface area contributed by atoms with Crippen molar-refractivity contribution in [2.45, 2.75) is 17.7 Å². The number of anilines is 1. The minimum atomic E-state index is -3.68. The molecule has 2 aromatic rings. The molecule has 28 heavy (non-hydrogen) atoms. The van der Waals surface area contributed by atoms with Crippen LogP contribution in [0, 0.1) is 0 Å². The molecule has 2 aliphatic rings. The van der Waals surface area contributed by atoms with E-state index in [-0.39, 0.29) is 35.7 Å². The maximum atomic E-state index is 13.0. The van der Waals surface area contributed by atoms with E-state index >= 15 is 0 Å². The lowest BCUT2D eigenvalue weighted by Crippen LogP contribution is -2.50. The number of rotatable bonds is 3. The van der Waals surface area contributed by atoms with Gasteiger partial charge in [0.05, 0.1) is 10.8 Å². The molecule has 0 aliphatic carbocycles. The first-order valence-electron chi connectivity index (χ1n) is 9.17. The minimum Gasteiger partial charge on any atom is -0.336 e. The third-order valence-corrected chi connectivity index (χ3v) is 7.22. The first kappa shape index (κ1) is 18.6. The molecule has 2 heterocycles. The van der Waals surface area contributed by atoms with Crippen LogP contribution in [0.5, 0.6) is 0 Å². The summed E-state index contributed by atoms with van der Waals surface area (Å²) >= 11 is 0. The van der Waals surface area contributed by atoms with Gasteiger partial charge >= 0.3 is 0 Å². The second-order valence-electron chi connectivity index (χ2n) is 7.02. The van der Waals surface area contributed by atoms with E-state index in [1.165, 1.54) is 10.4 Å². The minimum absolute atomic E-state index is 0.0893. The lowest BCUT2D eigenvalue weighted by atomic mass is 10.0. The number of benzene rings is 2. The van der Waals surface area contributed by atoms with Crippen LogP contribution in [-0.2, 0) is 14.8 Å². The highest BCUT2D eigenvalue weighted by molar-refractivity contribution is 7.89. The van der Waals surface area contributed by atoms with Crippen LogP contribution in [0.15, 0.2) is 53.4 Å². The summed E-state index contributed by atoms with van der Waals surface area (Å²) in [7, 11) is -3.68. The lowest BCUT2D eigenvalue weighted by molar-refractivity contribution is -0.116. The summed E-state index contributed by atoms with van der Waals surface area (Å²) in [4.78, 5) is 26.2. The second-order valence-corrected chi connectivity index (χ2v) is 8.96. The first-order valence-corrected chi connectivity index (χ1v) is 10.6. The van der Waals surface area contributed by atoms with E-state index in [4.69, 9.17) is 0 Å². The third-order valence-electron chi connectivity index (χ3n) is 5.33. The van der Waals surface area contributed by atoms with Crippen LogP contribution < -0.4 is 5.32 Å². The Morgan fingerprint density at radius 1 is 1.04 bits per heavy atom. The molecule has 0 unspecified atom stereocenters. The van der Waals surface area contributed by atoms with Crippen molar-refractivity contribution in [2.75, 3.05) is 31.5 Å². The van der Waals surface area contributed by atoms with Gasteiger partial charge in [0, 0.05) is 37.4 Å². The molecule has 0 saturated carbocycles. The predicted molar refractivity (Wildman–Crippen MR) is 105 cm³/mol. The van der Waals surface area contributed by atoms with Crippen molar-refractivity contribution in [1.29, 1.82) is 0 Å². The molecule has 146 valence electrons. The summed E-state index contributed by atoms with van der Waals surface area (Å²) in [6.45, 7) is 2.92. The van der Waals surface area contributed by atoms with Crippen LogP contribution >= 0.6 is 0 Å². The summed E-state index contributed by atoms with van der Waals surface area (Å²) in [5.41, 5.74) is 1.96. The van der Waals surface area contributed by atoms with E-state index in [9.17, 15) is 18.0 Å². The smallest absolute Gasteiger partial charge is 0.253 e. The molecular formula is C20H21N3O4S. The van der Waals surface area contributed by atoms with E-state index < -0.39 is 10.0 Å². The van der Waals surface area contributed by atoms with E-state index in [2.05, 4.69) is 5.32 Å². The molecule has 8 heteroatoms. The monoisotopic (exact) mass is 399 g/mol. The molecule has 0 aromatic heterocycles. The Labute approximate surface area is 164 Å². The molecule has 2 amide bonds. The summed E-state index contributed by atoms with van der Waals surface area (Å²) in [5.74, 6) is -0.586. The number of carbonyl (C=O) groups is 2. The maximum Gasteiger partial charge on any atom is 0.253 e. The SMILES string of the molecule is C[C@@H]1C(=O)Nc2ccc(S(=O)(=O)N3CCN(C(=O)c4ccccc4)CC3)cc21. The summed E-state index contributed by atoms with van der Waals surface area (Å²) < 4.78 is 27.5. The largest absolute Gasteiger partial charge is 0.336 e. The van der Waals surface area contributed by atoms with E-state index in [1.807, 2.05) is 18.2 Å². The average molecular weight is 399 g/mol. The Bertz CT molecular complexity index is 1030. The molecule has 1 saturated heterocycles. The molecular weight excluding hydrogens is 378 g/mol. The summed E-state index contributed by atoms with van der Waals surface area (Å²) in [5, 5.41) is 2.75. The van der Waals surface area contributed by atoms with Crippen LogP contribution in [-0.4, -0.2) is 55.6 Å². The van der Waals surface area contributed by atoms with Crippen molar-refractivity contribution in [3.63, 3.8) is 0 Å². The standard InChI is InChI=1S/C20H21N3O4S/c1-14-17-13-16(7-8-18(17)21-19(14)24)28(26,27)23-11-9-22(10-12-23)20(25)15-5-3-2-4-6-15/h2-8,13-14H,9-12H2,1H3,(H,21,24)/t14-/m0/s1. The number of carbonyl (C=O) groups excluding carboxylic acids is 2. The molecule has 0 radical (unpaired) electrons. The van der Waals surface area contributed by atoms with Gasteiger partial charge in [0.25, 0.3) is 5.91 Å². The van der Waals surface area contributed by atoms with Gasteiger partial charge in [-0.3, -0.25) is 9.59 Å². The van der Waals surface area contributed by atoms with Crippen molar-refractivity contribution < 1.29 is 18.0 Å². The number of nitrogens with one attached hydrogen (secondary N) is 1. The normalized spacial score (nSPS) is 20.0. The Morgan fingerprint density at radius 3 is 2.39 bits per heavy atom. The molecule has 1 fully saturated rings. The van der Waals surface area contributed by atoms with Gasteiger partial charge < -0.3 is 10.2 Å². The average Bonchev–Trinajstić information content (AvgIpc) is 3.01. The number of piperazine rings is 1. The van der Waals surface area contributed by atoms with Crippen molar-refractivity contribution >= 4 is 27.5 Å². The van der Waals surface area contributed by atoms with Crippen LogP contribution in [0.3, 0.4) is 0 Å². The molecule has 2 aromatic carbocycles. The highest BCUT2D eigenvalue weighted by Crippen LogP contribution is 2.34. The predicted octanol–water partition coefficient (Wildman–Crippen LogP) is 1.89. The fourth-order valence-corrected chi connectivity index (χ4v) is 5.06. The second kappa shape index (κ2) is 7.03. The van der Waals surface area contributed by atoms with E-state index in [0.29, 0.717) is 29.9 Å². The third kappa shape index (κ3) is 3.18. The summed E-state index contributed by atoms with van der Waals surface area (Å²) in [6, 6.07) is 13.7. The number of hydrogen-bond acceptors (Lipinski definition) is 4. The Kier molecular flexibility index (Phi) is 4.68. The number of amides is 2. The fraction of sp³-hybridized carbons (Fsp3) is 0.300. The van der Waals surface area contributed by atoms with Crippen molar-refractivity contribution in [1.82, 2.24) is 9.21 Å². The zero-order chi connectivity index (χ0) is 19.9. The van der Waals surface area contributed by atoms with Gasteiger partial charge in [-0.1, -0.05) is 18.2 Å². The van der Waals surface area contributed by atoms with Crippen LogP contribution in [0.25, 0.3) is 0 Å². The van der Waals surface area contributed by atoms with Crippen molar-refractivity contribution in [3.8, 4) is 0 Å². The molecule has 1 N–H and O–H groups in total. The fourth-order valence-electron chi connectivity index (χ4n) is 3.60. The van der Waals surface area contributed by atoms with E-state index in [1.54, 1.807) is 36.1 Å². The quantitative estimate of drug-likeness (QED) is 0.854. The topological polar surface area (TPSA) is 86.8 Å². The zero-order valence-corrected chi connectivity index (χ0v) is 16.3. The van der Waals surface area contributed by atoms with Gasteiger partial charge in [-0.15, -0.1) is 0 Å². The van der Waals surface area contributed by atoms with Gasteiger partial charge in [-0.05, 0) is 42.8 Å². The van der Waals surface area contributed by atoms with Crippen molar-refractivity contribution in [2.24, 2.45) is 0 Å². The number of fused-ring (bicyclic) bond motifs is 1. The molecule has 1 atom stereocenters. The van der Waals surface area contributed by atoms with Gasteiger partial charge in [-0.2, -0.15) is 4.31 Å². The Morgan fingerprint density at radius 2 is 1.71 bits per heavy atom. The maximum absolute atomic E-state index is 13.0. The lowest BCUT2D eigenvalue weighted by Gasteiger charge is -2.34. The van der Waals surface area contributed by atoms with Crippen molar-refractivity contribution in [3.05, 3.63) is 59.7 Å². The number of nitrogens with zero attached hydrogens (tertiary/aromatic N) is 2. The van der Waals surface area contributed by atoms with Crippen LogP contribution in [0.2, 0.25) is 0 Å². The zero-order valence-electron chi connectivity index (χ0n) is 15.5. The molecule has 0 spiro atoms. The van der Waals surface area contributed by atoms with Crippen LogP contribution in [0.4, 0.5) is 5.69 Å². The number of sulfonamides is 1. The first-order chi connectivity index (χ1) is 13.4. The van der Waals surface area contributed by atoms with Gasteiger partial charge in [0.2, 0.25) is 15.9 Å². The van der Waals surface area contributed by atoms with E-state index in [0.717, 1.165) is 0 Å². The number of hydrogen-bond donors (Lipinski definition) is 1. The Hall–Kier alpha value is -2.71. The molecule has 7 nitrogen and oxygen atoms in total. The molecule has 4 rings (SSSR count). The summed E-state index contributed by atoms with van der Waals surface area (Å²) in [6.07, 6.45) is 0. The highest BCUT2D eigenvalue weighted by Gasteiger charge is 2.33. The molecule has 0 bridgehead atoms. The Balaban J connectivity index is 1.49. The highest BCUT2D eigenvalue weighted by atomic mass is 32.2. The van der Waals surface area contributed by atoms with Gasteiger partial charge in [0.1, 0.15) is 0 Å².